The predicted molar refractivity (Wildman–Crippen MR) is 80.8 cm³/mol. The summed E-state index contributed by atoms with van der Waals surface area (Å²) in [5, 5.41) is 4.28. The maximum absolute atomic E-state index is 5.83. The number of benzene rings is 1. The molecule has 4 nitrogen and oxygen atoms in total. The average Bonchev–Trinajstić information content (AvgIpc) is 2.82. The molecule has 0 radical (unpaired) electrons. The van der Waals surface area contributed by atoms with Gasteiger partial charge >= 0.3 is 0 Å². The number of hydrogen-bond acceptors (Lipinski definition) is 4. The summed E-state index contributed by atoms with van der Waals surface area (Å²) < 4.78 is 7.65. The van der Waals surface area contributed by atoms with Crippen LogP contribution in [0, 0.1) is 13.8 Å². The molecule has 0 aliphatic rings. The molecule has 0 amide bonds. The lowest BCUT2D eigenvalue weighted by Gasteiger charge is -2.07. The Bertz CT molecular complexity index is 750. The molecule has 0 saturated heterocycles. The molecule has 0 aliphatic carbocycles. The monoisotopic (exact) mass is 285 g/mol. The molecule has 0 N–H and O–H groups in total. The van der Waals surface area contributed by atoms with Crippen LogP contribution in [0.1, 0.15) is 11.3 Å². The van der Waals surface area contributed by atoms with Crippen LogP contribution in [0.2, 0.25) is 0 Å². The SMILES string of the molecule is CSc1ccc(Oc2cc(C)n3ncc(C)c3n2)cc1. The Morgan fingerprint density at radius 2 is 1.90 bits per heavy atom. The van der Waals surface area contributed by atoms with Gasteiger partial charge in [0.1, 0.15) is 5.75 Å². The lowest BCUT2D eigenvalue weighted by Crippen LogP contribution is -1.98. The molecule has 1 aromatic carbocycles. The summed E-state index contributed by atoms with van der Waals surface area (Å²) in [4.78, 5) is 5.72. The summed E-state index contributed by atoms with van der Waals surface area (Å²) in [5.41, 5.74) is 2.87. The van der Waals surface area contributed by atoms with Gasteiger partial charge in [0.15, 0.2) is 5.65 Å². The van der Waals surface area contributed by atoms with Crippen molar-refractivity contribution in [1.29, 1.82) is 0 Å². The van der Waals surface area contributed by atoms with Crippen molar-refractivity contribution >= 4 is 17.4 Å². The van der Waals surface area contributed by atoms with Crippen LogP contribution in [0.5, 0.6) is 11.6 Å². The van der Waals surface area contributed by atoms with E-state index in [2.05, 4.69) is 16.3 Å². The van der Waals surface area contributed by atoms with Gasteiger partial charge < -0.3 is 4.74 Å². The van der Waals surface area contributed by atoms with Crippen LogP contribution < -0.4 is 4.74 Å². The molecule has 0 atom stereocenters. The van der Waals surface area contributed by atoms with Crippen LogP contribution in [0.4, 0.5) is 0 Å². The highest BCUT2D eigenvalue weighted by Crippen LogP contribution is 2.24. The number of nitrogens with zero attached hydrogens (tertiary/aromatic N) is 3. The van der Waals surface area contributed by atoms with E-state index in [1.165, 1.54) is 4.90 Å². The topological polar surface area (TPSA) is 39.4 Å². The van der Waals surface area contributed by atoms with Crippen molar-refractivity contribution in [2.24, 2.45) is 0 Å². The molecule has 20 heavy (non-hydrogen) atoms. The Kier molecular flexibility index (Phi) is 3.36. The molecule has 2 heterocycles. The molecule has 0 fully saturated rings. The average molecular weight is 285 g/mol. The minimum atomic E-state index is 0.593. The number of rotatable bonds is 3. The molecule has 0 spiro atoms. The Morgan fingerprint density at radius 1 is 1.15 bits per heavy atom. The van der Waals surface area contributed by atoms with Gasteiger partial charge in [-0.15, -0.1) is 11.8 Å². The van der Waals surface area contributed by atoms with Gasteiger partial charge in [0.25, 0.3) is 0 Å². The van der Waals surface area contributed by atoms with E-state index >= 15 is 0 Å². The van der Waals surface area contributed by atoms with Gasteiger partial charge in [-0.25, -0.2) is 4.52 Å². The van der Waals surface area contributed by atoms with E-state index in [1.807, 2.05) is 54.9 Å². The molecule has 102 valence electrons. The molecule has 2 aromatic heterocycles. The van der Waals surface area contributed by atoms with E-state index in [-0.39, 0.29) is 0 Å². The van der Waals surface area contributed by atoms with Gasteiger partial charge in [0.2, 0.25) is 5.88 Å². The van der Waals surface area contributed by atoms with Gasteiger partial charge in [-0.3, -0.25) is 0 Å². The van der Waals surface area contributed by atoms with Crippen molar-refractivity contribution in [2.75, 3.05) is 6.26 Å². The second kappa shape index (κ2) is 5.17. The summed E-state index contributed by atoms with van der Waals surface area (Å²) in [6.45, 7) is 3.98. The summed E-state index contributed by atoms with van der Waals surface area (Å²) >= 11 is 1.71. The van der Waals surface area contributed by atoms with Crippen LogP contribution in [0.25, 0.3) is 5.65 Å². The van der Waals surface area contributed by atoms with Crippen molar-refractivity contribution < 1.29 is 4.74 Å². The first-order valence-electron chi connectivity index (χ1n) is 6.31. The number of aromatic nitrogens is 3. The third-order valence-electron chi connectivity index (χ3n) is 3.08. The van der Waals surface area contributed by atoms with Gasteiger partial charge in [-0.2, -0.15) is 10.1 Å². The summed E-state index contributed by atoms with van der Waals surface area (Å²) in [6, 6.07) is 9.87. The third kappa shape index (κ3) is 2.36. The Labute approximate surface area is 121 Å². The lowest BCUT2D eigenvalue weighted by atomic mass is 10.3. The number of aryl methyl sites for hydroxylation is 2. The molecule has 0 aliphatic heterocycles. The van der Waals surface area contributed by atoms with Crippen LogP contribution in [0.15, 0.2) is 41.4 Å². The number of hydrogen-bond donors (Lipinski definition) is 0. The molecule has 3 rings (SSSR count). The Morgan fingerprint density at radius 3 is 2.60 bits per heavy atom. The minimum absolute atomic E-state index is 0.593. The maximum Gasteiger partial charge on any atom is 0.223 e. The van der Waals surface area contributed by atoms with Crippen LogP contribution >= 0.6 is 11.8 Å². The minimum Gasteiger partial charge on any atom is -0.439 e. The first-order chi connectivity index (χ1) is 9.67. The Hall–Kier alpha value is -2.01. The summed E-state index contributed by atoms with van der Waals surface area (Å²) in [5.74, 6) is 1.38. The van der Waals surface area contributed by atoms with Gasteiger partial charge in [0.05, 0.1) is 6.20 Å². The maximum atomic E-state index is 5.83. The zero-order valence-electron chi connectivity index (χ0n) is 11.6. The molecular formula is C15H15N3OS. The fourth-order valence-corrected chi connectivity index (χ4v) is 2.42. The van der Waals surface area contributed by atoms with Crippen molar-refractivity contribution in [2.45, 2.75) is 18.7 Å². The zero-order valence-corrected chi connectivity index (χ0v) is 12.4. The summed E-state index contributed by atoms with van der Waals surface area (Å²) in [7, 11) is 0. The van der Waals surface area contributed by atoms with Crippen molar-refractivity contribution in [3.8, 4) is 11.6 Å². The molecule has 5 heteroatoms. The number of ether oxygens (including phenoxy) is 1. The van der Waals surface area contributed by atoms with Gasteiger partial charge in [-0.05, 0) is 44.4 Å². The quantitative estimate of drug-likeness (QED) is 0.685. The van der Waals surface area contributed by atoms with Crippen LogP contribution in [-0.4, -0.2) is 20.9 Å². The fraction of sp³-hybridized carbons (Fsp3) is 0.200. The smallest absolute Gasteiger partial charge is 0.223 e. The van der Waals surface area contributed by atoms with Crippen molar-refractivity contribution in [3.63, 3.8) is 0 Å². The highest BCUT2D eigenvalue weighted by atomic mass is 32.2. The van der Waals surface area contributed by atoms with E-state index in [4.69, 9.17) is 4.74 Å². The van der Waals surface area contributed by atoms with E-state index in [0.717, 1.165) is 22.7 Å². The van der Waals surface area contributed by atoms with E-state index < -0.39 is 0 Å². The molecule has 3 aromatic rings. The van der Waals surface area contributed by atoms with E-state index in [1.54, 1.807) is 11.8 Å². The Balaban J connectivity index is 1.95. The lowest BCUT2D eigenvalue weighted by molar-refractivity contribution is 0.461. The van der Waals surface area contributed by atoms with Crippen molar-refractivity contribution in [1.82, 2.24) is 14.6 Å². The predicted octanol–water partition coefficient (Wildman–Crippen LogP) is 3.86. The zero-order chi connectivity index (χ0) is 14.1. The van der Waals surface area contributed by atoms with Gasteiger partial charge in [-0.1, -0.05) is 0 Å². The molecule has 0 unspecified atom stereocenters. The molecule has 0 saturated carbocycles. The first kappa shape index (κ1) is 13.0. The highest BCUT2D eigenvalue weighted by Gasteiger charge is 2.08. The van der Waals surface area contributed by atoms with Crippen LogP contribution in [-0.2, 0) is 0 Å². The first-order valence-corrected chi connectivity index (χ1v) is 7.54. The van der Waals surface area contributed by atoms with Gasteiger partial charge in [0, 0.05) is 22.2 Å². The third-order valence-corrected chi connectivity index (χ3v) is 3.83. The summed E-state index contributed by atoms with van der Waals surface area (Å²) in [6.07, 6.45) is 3.86. The molecule has 0 bridgehead atoms. The highest BCUT2D eigenvalue weighted by molar-refractivity contribution is 7.98. The fourth-order valence-electron chi connectivity index (χ4n) is 2.01. The van der Waals surface area contributed by atoms with E-state index in [9.17, 15) is 0 Å². The van der Waals surface area contributed by atoms with Crippen molar-refractivity contribution in [3.05, 3.63) is 47.8 Å². The number of thioether (sulfide) groups is 1. The normalized spacial score (nSPS) is 10.9. The van der Waals surface area contributed by atoms with Crippen LogP contribution in [0.3, 0.4) is 0 Å². The van der Waals surface area contributed by atoms with E-state index in [0.29, 0.717) is 5.88 Å². The second-order valence-electron chi connectivity index (χ2n) is 4.58. The largest absolute Gasteiger partial charge is 0.439 e. The number of fused-ring (bicyclic) bond motifs is 1. The second-order valence-corrected chi connectivity index (χ2v) is 5.46. The molecular weight excluding hydrogens is 270 g/mol. The standard InChI is InChI=1S/C15H15N3OS/c1-10-9-16-18-11(2)8-14(17-15(10)18)19-12-4-6-13(20-3)7-5-12/h4-9H,1-3H3.